The highest BCUT2D eigenvalue weighted by Gasteiger charge is 2.02. The lowest BCUT2D eigenvalue weighted by molar-refractivity contribution is 0.283. The summed E-state index contributed by atoms with van der Waals surface area (Å²) in [5.41, 5.74) is 1.11. The first-order chi connectivity index (χ1) is 7.77. The number of hydrogen-bond acceptors (Lipinski definition) is 4. The molecule has 0 spiro atoms. The molecule has 0 saturated carbocycles. The minimum Gasteiger partial charge on any atom is -0.481 e. The van der Waals surface area contributed by atoms with Crippen LogP contribution in [0.2, 0.25) is 0 Å². The first kappa shape index (κ1) is 12.8. The maximum atomic E-state index is 8.68. The van der Waals surface area contributed by atoms with Crippen molar-refractivity contribution in [2.75, 3.05) is 32.2 Å². The smallest absolute Gasteiger partial charge is 0.214 e. The van der Waals surface area contributed by atoms with Crippen molar-refractivity contribution in [2.45, 2.75) is 19.3 Å². The van der Waals surface area contributed by atoms with E-state index in [2.05, 4.69) is 9.88 Å². The van der Waals surface area contributed by atoms with Crippen molar-refractivity contribution in [3.63, 3.8) is 0 Å². The van der Waals surface area contributed by atoms with Crippen LogP contribution < -0.4 is 9.64 Å². The normalized spacial score (nSPS) is 10.2. The van der Waals surface area contributed by atoms with Gasteiger partial charge in [0, 0.05) is 38.1 Å². The van der Waals surface area contributed by atoms with Crippen molar-refractivity contribution in [3.8, 4) is 5.88 Å². The van der Waals surface area contributed by atoms with E-state index in [4.69, 9.17) is 9.84 Å². The minimum absolute atomic E-state index is 0.285. The molecule has 0 fully saturated rings. The van der Waals surface area contributed by atoms with E-state index < -0.39 is 0 Å². The van der Waals surface area contributed by atoms with Gasteiger partial charge in [-0.3, -0.25) is 0 Å². The summed E-state index contributed by atoms with van der Waals surface area (Å²) in [7, 11) is 3.67. The van der Waals surface area contributed by atoms with Gasteiger partial charge in [-0.05, 0) is 25.3 Å². The lowest BCUT2D eigenvalue weighted by atomic mass is 10.2. The Balaban J connectivity index is 2.42. The molecule has 1 heterocycles. The van der Waals surface area contributed by atoms with Crippen LogP contribution in [-0.2, 0) is 0 Å². The molecule has 1 rings (SSSR count). The van der Waals surface area contributed by atoms with Crippen molar-refractivity contribution in [1.29, 1.82) is 0 Å². The number of unbranched alkanes of at least 4 members (excludes halogenated alkanes) is 2. The second-order valence-corrected chi connectivity index (χ2v) is 3.76. The van der Waals surface area contributed by atoms with Crippen molar-refractivity contribution >= 4 is 5.69 Å². The molecule has 0 aliphatic carbocycles. The fraction of sp³-hybridized carbons (Fsp3) is 0.583. The Kier molecular flexibility index (Phi) is 5.64. The summed E-state index contributed by atoms with van der Waals surface area (Å²) in [6, 6.07) is 3.89. The average molecular weight is 224 g/mol. The predicted molar refractivity (Wildman–Crippen MR) is 65.0 cm³/mol. The highest BCUT2D eigenvalue weighted by Crippen LogP contribution is 2.17. The van der Waals surface area contributed by atoms with Crippen molar-refractivity contribution < 1.29 is 9.84 Å². The molecule has 0 radical (unpaired) electrons. The Morgan fingerprint density at radius 3 is 2.88 bits per heavy atom. The molecule has 0 aromatic carbocycles. The predicted octanol–water partition coefficient (Wildman–Crippen LogP) is 1.69. The first-order valence-corrected chi connectivity index (χ1v) is 5.60. The van der Waals surface area contributed by atoms with Gasteiger partial charge in [0.2, 0.25) is 5.88 Å². The second kappa shape index (κ2) is 7.06. The maximum Gasteiger partial charge on any atom is 0.214 e. The van der Waals surface area contributed by atoms with E-state index in [1.807, 2.05) is 19.2 Å². The second-order valence-electron chi connectivity index (χ2n) is 3.76. The zero-order valence-corrected chi connectivity index (χ0v) is 10.0. The summed E-state index contributed by atoms with van der Waals surface area (Å²) in [5, 5.41) is 8.68. The zero-order chi connectivity index (χ0) is 11.8. The number of nitrogens with zero attached hydrogens (tertiary/aromatic N) is 2. The summed E-state index contributed by atoms with van der Waals surface area (Å²) >= 11 is 0. The molecule has 0 aliphatic heterocycles. The van der Waals surface area contributed by atoms with Gasteiger partial charge in [-0.1, -0.05) is 0 Å². The van der Waals surface area contributed by atoms with Gasteiger partial charge in [-0.25, -0.2) is 4.98 Å². The standard InChI is InChI=1S/C12H20N2O2/c1-14(8-4-3-5-9-15)11-6-7-13-12(10-11)16-2/h6-7,10,15H,3-5,8-9H2,1-2H3. The van der Waals surface area contributed by atoms with Crippen molar-refractivity contribution in [3.05, 3.63) is 18.3 Å². The van der Waals surface area contributed by atoms with Crippen molar-refractivity contribution in [2.24, 2.45) is 0 Å². The molecule has 0 saturated heterocycles. The number of pyridine rings is 1. The lowest BCUT2D eigenvalue weighted by Crippen LogP contribution is -2.18. The highest BCUT2D eigenvalue weighted by molar-refractivity contribution is 5.47. The molecule has 0 amide bonds. The minimum atomic E-state index is 0.285. The van der Waals surface area contributed by atoms with Gasteiger partial charge in [0.05, 0.1) is 7.11 Å². The Labute approximate surface area is 96.9 Å². The Morgan fingerprint density at radius 1 is 1.38 bits per heavy atom. The van der Waals surface area contributed by atoms with Crippen LogP contribution in [0.1, 0.15) is 19.3 Å². The first-order valence-electron chi connectivity index (χ1n) is 5.60. The lowest BCUT2D eigenvalue weighted by Gasteiger charge is -2.19. The largest absolute Gasteiger partial charge is 0.481 e. The van der Waals surface area contributed by atoms with Crippen molar-refractivity contribution in [1.82, 2.24) is 4.98 Å². The number of aromatic nitrogens is 1. The van der Waals surface area contributed by atoms with Gasteiger partial charge >= 0.3 is 0 Å². The summed E-state index contributed by atoms with van der Waals surface area (Å²) in [6.07, 6.45) is 4.77. The van der Waals surface area contributed by atoms with E-state index in [9.17, 15) is 0 Å². The quantitative estimate of drug-likeness (QED) is 0.716. The van der Waals surface area contributed by atoms with E-state index in [-0.39, 0.29) is 6.61 Å². The Morgan fingerprint density at radius 2 is 2.19 bits per heavy atom. The molecular formula is C12H20N2O2. The number of hydrogen-bond donors (Lipinski definition) is 1. The van der Waals surface area contributed by atoms with Gasteiger partial charge in [0.25, 0.3) is 0 Å². The number of ether oxygens (including phenoxy) is 1. The van der Waals surface area contributed by atoms with E-state index in [1.54, 1.807) is 13.3 Å². The molecular weight excluding hydrogens is 204 g/mol. The summed E-state index contributed by atoms with van der Waals surface area (Å²) < 4.78 is 5.08. The average Bonchev–Trinajstić information content (AvgIpc) is 2.34. The van der Waals surface area contributed by atoms with E-state index >= 15 is 0 Å². The molecule has 0 unspecified atom stereocenters. The molecule has 1 aromatic rings. The van der Waals surface area contributed by atoms with E-state index in [1.165, 1.54) is 0 Å². The maximum absolute atomic E-state index is 8.68. The van der Waals surface area contributed by atoms with Crippen LogP contribution in [0.3, 0.4) is 0 Å². The SMILES string of the molecule is COc1cc(N(C)CCCCCO)ccn1. The topological polar surface area (TPSA) is 45.6 Å². The number of anilines is 1. The fourth-order valence-electron chi connectivity index (χ4n) is 1.51. The van der Waals surface area contributed by atoms with Gasteiger partial charge in [0.15, 0.2) is 0 Å². The van der Waals surface area contributed by atoms with Gasteiger partial charge in [-0.2, -0.15) is 0 Å². The molecule has 0 bridgehead atoms. The summed E-state index contributed by atoms with van der Waals surface area (Å²) in [4.78, 5) is 6.24. The molecule has 0 aliphatic rings. The summed E-state index contributed by atoms with van der Waals surface area (Å²) in [5.74, 6) is 0.639. The van der Waals surface area contributed by atoms with Crippen LogP contribution in [0.15, 0.2) is 18.3 Å². The molecule has 4 nitrogen and oxygen atoms in total. The fourth-order valence-corrected chi connectivity index (χ4v) is 1.51. The molecule has 0 atom stereocenters. The van der Waals surface area contributed by atoms with Gasteiger partial charge in [-0.15, -0.1) is 0 Å². The molecule has 1 N–H and O–H groups in total. The van der Waals surface area contributed by atoms with Gasteiger partial charge < -0.3 is 14.7 Å². The number of aliphatic hydroxyl groups is 1. The highest BCUT2D eigenvalue weighted by atomic mass is 16.5. The zero-order valence-electron chi connectivity index (χ0n) is 10.0. The number of rotatable bonds is 7. The monoisotopic (exact) mass is 224 g/mol. The Hall–Kier alpha value is -1.29. The number of methoxy groups -OCH3 is 1. The van der Waals surface area contributed by atoms with Crippen LogP contribution in [0.25, 0.3) is 0 Å². The van der Waals surface area contributed by atoms with Crippen LogP contribution in [0.5, 0.6) is 5.88 Å². The van der Waals surface area contributed by atoms with Crippen LogP contribution in [0, 0.1) is 0 Å². The van der Waals surface area contributed by atoms with Crippen LogP contribution in [0.4, 0.5) is 5.69 Å². The third kappa shape index (κ3) is 4.06. The third-order valence-corrected chi connectivity index (χ3v) is 2.52. The molecule has 90 valence electrons. The Bertz CT molecular complexity index is 305. The number of aliphatic hydroxyl groups excluding tert-OH is 1. The van der Waals surface area contributed by atoms with E-state index in [0.29, 0.717) is 5.88 Å². The van der Waals surface area contributed by atoms with E-state index in [0.717, 1.165) is 31.5 Å². The molecule has 16 heavy (non-hydrogen) atoms. The molecule has 4 heteroatoms. The third-order valence-electron chi connectivity index (χ3n) is 2.52. The summed E-state index contributed by atoms with van der Waals surface area (Å²) in [6.45, 7) is 1.26. The molecule has 1 aromatic heterocycles. The van der Waals surface area contributed by atoms with Gasteiger partial charge in [0.1, 0.15) is 0 Å². The van der Waals surface area contributed by atoms with Crippen LogP contribution in [-0.4, -0.2) is 37.4 Å². The van der Waals surface area contributed by atoms with Crippen LogP contribution >= 0.6 is 0 Å².